The van der Waals surface area contributed by atoms with Gasteiger partial charge in [-0.05, 0) is 106 Å². The fourth-order valence-electron chi connectivity index (χ4n) is 6.79. The number of benzene rings is 2. The fourth-order valence-corrected chi connectivity index (χ4v) is 6.79. The molecule has 290 valence electrons. The van der Waals surface area contributed by atoms with Crippen molar-refractivity contribution in [3.63, 3.8) is 0 Å². The van der Waals surface area contributed by atoms with Crippen LogP contribution in [-0.2, 0) is 35.8 Å². The Bertz CT molecular complexity index is 1150. The summed E-state index contributed by atoms with van der Waals surface area (Å²) in [6.45, 7) is 9.10. The Morgan fingerprint density at radius 3 is 1.55 bits per heavy atom. The van der Waals surface area contributed by atoms with Crippen LogP contribution in [0.4, 0.5) is 11.4 Å². The van der Waals surface area contributed by atoms with Crippen molar-refractivity contribution in [2.24, 2.45) is 9.98 Å². The zero-order valence-corrected chi connectivity index (χ0v) is 34.8. The van der Waals surface area contributed by atoms with E-state index in [0.29, 0.717) is 0 Å². The van der Waals surface area contributed by atoms with Gasteiger partial charge in [0.25, 0.3) is 0 Å². The van der Waals surface area contributed by atoms with E-state index in [4.69, 9.17) is 9.98 Å². The molecule has 3 heteroatoms. The van der Waals surface area contributed by atoms with Crippen molar-refractivity contribution in [3.8, 4) is 0 Å². The second-order valence-corrected chi connectivity index (χ2v) is 14.9. The van der Waals surface area contributed by atoms with Gasteiger partial charge in [-0.2, -0.15) is 0 Å². The first-order valence-electron chi connectivity index (χ1n) is 21.7. The molecule has 0 heterocycles. The summed E-state index contributed by atoms with van der Waals surface area (Å²) in [7, 11) is 0. The fraction of sp³-hybridized carbons (Fsp3) is 0.667. The van der Waals surface area contributed by atoms with Gasteiger partial charge >= 0.3 is 0 Å². The summed E-state index contributed by atoms with van der Waals surface area (Å²) in [5.74, 6) is 0. The first kappa shape index (κ1) is 47.0. The van der Waals surface area contributed by atoms with E-state index in [1.807, 2.05) is 0 Å². The van der Waals surface area contributed by atoms with Crippen LogP contribution in [0.25, 0.3) is 0 Å². The summed E-state index contributed by atoms with van der Waals surface area (Å²) in [6.07, 6.45) is 43.4. The van der Waals surface area contributed by atoms with Gasteiger partial charge in [0.2, 0.25) is 0 Å². The molecule has 0 fully saturated rings. The van der Waals surface area contributed by atoms with Crippen molar-refractivity contribution >= 4 is 23.3 Å². The molecule has 0 aliphatic heterocycles. The van der Waals surface area contributed by atoms with Crippen LogP contribution in [0.5, 0.6) is 0 Å². The van der Waals surface area contributed by atoms with Crippen molar-refractivity contribution < 1.29 is 16.5 Å². The topological polar surface area (TPSA) is 24.7 Å². The van der Waals surface area contributed by atoms with E-state index in [-0.39, 0.29) is 16.5 Å². The Hall–Kier alpha value is -1.99. The minimum Gasteiger partial charge on any atom is -0.255 e. The van der Waals surface area contributed by atoms with E-state index >= 15 is 0 Å². The van der Waals surface area contributed by atoms with Gasteiger partial charge in [-0.3, -0.25) is 9.98 Å². The molecule has 51 heavy (non-hydrogen) atoms. The van der Waals surface area contributed by atoms with Crippen LogP contribution in [0.2, 0.25) is 0 Å². The van der Waals surface area contributed by atoms with Gasteiger partial charge in [0.05, 0.1) is 17.1 Å². The van der Waals surface area contributed by atoms with Gasteiger partial charge in [-0.25, -0.2) is 0 Å². The number of para-hydroxylation sites is 1. The van der Waals surface area contributed by atoms with Gasteiger partial charge in [0, 0.05) is 22.7 Å². The van der Waals surface area contributed by atoms with Crippen molar-refractivity contribution in [1.82, 2.24) is 0 Å². The summed E-state index contributed by atoms with van der Waals surface area (Å²) >= 11 is 0. The maximum absolute atomic E-state index is 5.21. The molecule has 0 aromatic heterocycles. The third-order valence-electron chi connectivity index (χ3n) is 10.0. The number of allylic oxidation sites excluding steroid dienone is 2. The van der Waals surface area contributed by atoms with Gasteiger partial charge in [0.1, 0.15) is 0 Å². The molecule has 2 aromatic carbocycles. The van der Waals surface area contributed by atoms with E-state index in [9.17, 15) is 0 Å². The number of unbranched alkanes of at least 4 members (excludes halogenated alkanes) is 19. The number of rotatable bonds is 32. The molecule has 0 aliphatic carbocycles. The van der Waals surface area contributed by atoms with Crippen LogP contribution >= 0.6 is 0 Å². The summed E-state index contributed by atoms with van der Waals surface area (Å²) in [6, 6.07) is 15.7. The SMILES string of the molecule is CCCCCCCCCCCCCCCCC/C=C/CCCc1ccccc1/N=C(/C=N/c1cc(CCCC)cc(CCCC)c1)CCCC.[Ni]. The predicted octanol–water partition coefficient (Wildman–Crippen LogP) is 16.2. The summed E-state index contributed by atoms with van der Waals surface area (Å²) < 4.78 is 0. The number of hydrogen-bond acceptors (Lipinski definition) is 2. The van der Waals surface area contributed by atoms with E-state index < -0.39 is 0 Å². The molecule has 2 aromatic rings. The Morgan fingerprint density at radius 1 is 0.510 bits per heavy atom. The van der Waals surface area contributed by atoms with Gasteiger partial charge in [-0.1, -0.05) is 173 Å². The number of nitrogens with zero attached hydrogens (tertiary/aromatic N) is 2. The van der Waals surface area contributed by atoms with Crippen LogP contribution in [0.15, 0.2) is 64.6 Å². The van der Waals surface area contributed by atoms with Crippen molar-refractivity contribution in [1.29, 1.82) is 0 Å². The standard InChI is InChI=1S/C48H78N2.Ni/c1-5-9-13-14-15-16-17-18-19-20-21-22-23-24-25-26-27-28-29-30-35-45-36-31-32-38-48(45)50-46(37-12-8-4)42-49-47-40-43(33-10-6-2)39-44(41-47)34-11-7-3;/h27-28,31-32,36,38-42H,5-26,29-30,33-35,37H2,1-4H3;/b28-27+,49-42+,50-46+;. The number of hydrogen-bond donors (Lipinski definition) is 0. The molecular weight excluding hydrogens is 663 g/mol. The average molecular weight is 742 g/mol. The minimum atomic E-state index is 0. The molecule has 0 saturated heterocycles. The molecule has 0 radical (unpaired) electrons. The number of aliphatic imine (C=N–C) groups is 2. The zero-order valence-electron chi connectivity index (χ0n) is 33.8. The van der Waals surface area contributed by atoms with Crippen LogP contribution in [0, 0.1) is 0 Å². The number of aryl methyl sites for hydroxylation is 3. The van der Waals surface area contributed by atoms with Crippen molar-refractivity contribution in [2.45, 2.75) is 207 Å². The molecule has 0 saturated carbocycles. The smallest absolute Gasteiger partial charge is 0.0665 e. The first-order chi connectivity index (χ1) is 24.7. The predicted molar refractivity (Wildman–Crippen MR) is 227 cm³/mol. The quantitative estimate of drug-likeness (QED) is 0.0309. The Labute approximate surface area is 327 Å². The summed E-state index contributed by atoms with van der Waals surface area (Å²) in [4.78, 5) is 10.2. The molecule has 0 amide bonds. The molecule has 0 aliphatic rings. The van der Waals surface area contributed by atoms with Crippen LogP contribution in [-0.4, -0.2) is 11.9 Å². The third kappa shape index (κ3) is 24.8. The molecule has 2 rings (SSSR count). The Balaban J connectivity index is 0.0000130. The van der Waals surface area contributed by atoms with Gasteiger partial charge in [0.15, 0.2) is 0 Å². The van der Waals surface area contributed by atoms with Crippen LogP contribution in [0.1, 0.15) is 205 Å². The van der Waals surface area contributed by atoms with E-state index in [1.54, 1.807) is 0 Å². The van der Waals surface area contributed by atoms with E-state index in [2.05, 4.69) is 88.5 Å². The monoisotopic (exact) mass is 741 g/mol. The molecule has 0 unspecified atom stereocenters. The van der Waals surface area contributed by atoms with Crippen LogP contribution in [0.3, 0.4) is 0 Å². The Morgan fingerprint density at radius 2 is 1.00 bits per heavy atom. The molecule has 0 spiro atoms. The molecule has 0 atom stereocenters. The second-order valence-electron chi connectivity index (χ2n) is 14.9. The normalized spacial score (nSPS) is 12.0. The van der Waals surface area contributed by atoms with Gasteiger partial charge < -0.3 is 0 Å². The van der Waals surface area contributed by atoms with Crippen LogP contribution < -0.4 is 0 Å². The molecule has 0 N–H and O–H groups in total. The first-order valence-corrected chi connectivity index (χ1v) is 21.7. The minimum absolute atomic E-state index is 0. The van der Waals surface area contributed by atoms with Crippen molar-refractivity contribution in [3.05, 3.63) is 71.3 Å². The van der Waals surface area contributed by atoms with E-state index in [1.165, 1.54) is 152 Å². The Kier molecular flexibility index (Phi) is 31.2. The zero-order chi connectivity index (χ0) is 35.7. The second kappa shape index (κ2) is 33.8. The third-order valence-corrected chi connectivity index (χ3v) is 10.0. The van der Waals surface area contributed by atoms with Gasteiger partial charge in [-0.15, -0.1) is 0 Å². The molecule has 2 nitrogen and oxygen atoms in total. The maximum Gasteiger partial charge on any atom is 0.0665 e. The molecular formula is C48H78N2Ni. The maximum atomic E-state index is 5.21. The van der Waals surface area contributed by atoms with Crippen molar-refractivity contribution in [2.75, 3.05) is 0 Å². The molecule has 0 bridgehead atoms. The van der Waals surface area contributed by atoms with E-state index in [0.717, 1.165) is 62.0 Å². The summed E-state index contributed by atoms with van der Waals surface area (Å²) in [5, 5.41) is 0. The largest absolute Gasteiger partial charge is 0.255 e. The summed E-state index contributed by atoms with van der Waals surface area (Å²) in [5.41, 5.74) is 7.50. The average Bonchev–Trinajstić information content (AvgIpc) is 3.13.